The topological polar surface area (TPSA) is 66.8 Å². The Hall–Kier alpha value is -1.05. The number of methoxy groups -OCH3 is 1. The summed E-state index contributed by atoms with van der Waals surface area (Å²) >= 11 is 2.71. The van der Waals surface area contributed by atoms with Crippen LogP contribution in [0.3, 0.4) is 0 Å². The van der Waals surface area contributed by atoms with Crippen LogP contribution in [-0.2, 0) is 20.9 Å². The van der Waals surface area contributed by atoms with Gasteiger partial charge in [0.1, 0.15) is 0 Å². The van der Waals surface area contributed by atoms with E-state index >= 15 is 0 Å². The van der Waals surface area contributed by atoms with Gasteiger partial charge in [0.15, 0.2) is 0 Å². The van der Waals surface area contributed by atoms with Crippen LogP contribution in [0.15, 0.2) is 17.5 Å². The van der Waals surface area contributed by atoms with E-state index in [9.17, 15) is 9.59 Å². The van der Waals surface area contributed by atoms with Crippen molar-refractivity contribution < 1.29 is 19.4 Å². The monoisotopic (exact) mass is 303 g/mol. The quantitative estimate of drug-likeness (QED) is 0.749. The highest BCUT2D eigenvalue weighted by Gasteiger charge is 2.14. The summed E-state index contributed by atoms with van der Waals surface area (Å²) in [7, 11) is 1.59. The largest absolute Gasteiger partial charge is 0.481 e. The number of carbonyl (C=O) groups is 2. The van der Waals surface area contributed by atoms with Gasteiger partial charge < -0.3 is 14.7 Å². The number of carbonyl (C=O) groups excluding carboxylic acids is 1. The van der Waals surface area contributed by atoms with E-state index in [0.29, 0.717) is 19.7 Å². The Kier molecular flexibility index (Phi) is 7.54. The molecule has 0 saturated heterocycles. The fourth-order valence-corrected chi connectivity index (χ4v) is 2.75. The van der Waals surface area contributed by atoms with Crippen molar-refractivity contribution in [2.24, 2.45) is 0 Å². The van der Waals surface area contributed by atoms with Crippen molar-refractivity contribution in [3.63, 3.8) is 0 Å². The average molecular weight is 303 g/mol. The van der Waals surface area contributed by atoms with Crippen LogP contribution in [0.1, 0.15) is 4.88 Å². The van der Waals surface area contributed by atoms with E-state index in [2.05, 4.69) is 0 Å². The van der Waals surface area contributed by atoms with E-state index in [1.807, 2.05) is 17.5 Å². The van der Waals surface area contributed by atoms with Crippen molar-refractivity contribution in [1.82, 2.24) is 4.90 Å². The summed E-state index contributed by atoms with van der Waals surface area (Å²) in [5, 5.41) is 10.5. The van der Waals surface area contributed by atoms with Gasteiger partial charge in [0, 0.05) is 18.5 Å². The number of ether oxygens (including phenoxy) is 1. The molecule has 5 nitrogen and oxygen atoms in total. The molecule has 0 aromatic carbocycles. The van der Waals surface area contributed by atoms with Crippen LogP contribution >= 0.6 is 23.1 Å². The molecular formula is C12H17NO4S2. The number of nitrogens with zero attached hydrogens (tertiary/aromatic N) is 1. The number of thioether (sulfide) groups is 1. The molecule has 0 unspecified atom stereocenters. The molecule has 0 radical (unpaired) electrons. The van der Waals surface area contributed by atoms with Gasteiger partial charge in [-0.1, -0.05) is 6.07 Å². The van der Waals surface area contributed by atoms with Crippen molar-refractivity contribution in [2.75, 3.05) is 31.8 Å². The second-order valence-electron chi connectivity index (χ2n) is 3.77. The van der Waals surface area contributed by atoms with Gasteiger partial charge in [0.2, 0.25) is 5.91 Å². The minimum Gasteiger partial charge on any atom is -0.481 e. The van der Waals surface area contributed by atoms with E-state index in [1.165, 1.54) is 0 Å². The van der Waals surface area contributed by atoms with Gasteiger partial charge in [-0.25, -0.2) is 0 Å². The summed E-state index contributed by atoms with van der Waals surface area (Å²) in [6.45, 7) is 1.54. The molecule has 0 aliphatic heterocycles. The zero-order valence-electron chi connectivity index (χ0n) is 10.7. The average Bonchev–Trinajstić information content (AvgIpc) is 2.86. The van der Waals surface area contributed by atoms with E-state index in [0.717, 1.165) is 16.6 Å². The second-order valence-corrected chi connectivity index (χ2v) is 5.79. The molecule has 19 heavy (non-hydrogen) atoms. The zero-order chi connectivity index (χ0) is 14.1. The highest BCUT2D eigenvalue weighted by atomic mass is 32.2. The van der Waals surface area contributed by atoms with Crippen LogP contribution in [0.25, 0.3) is 0 Å². The maximum atomic E-state index is 12.0. The van der Waals surface area contributed by atoms with E-state index < -0.39 is 5.97 Å². The van der Waals surface area contributed by atoms with E-state index in [4.69, 9.17) is 9.84 Å². The molecule has 106 valence electrons. The first kappa shape index (κ1) is 16.0. The maximum Gasteiger partial charge on any atom is 0.313 e. The molecule has 0 aliphatic carbocycles. The van der Waals surface area contributed by atoms with E-state index in [1.54, 1.807) is 23.3 Å². The maximum absolute atomic E-state index is 12.0. The van der Waals surface area contributed by atoms with Gasteiger partial charge in [-0.3, -0.25) is 9.59 Å². The van der Waals surface area contributed by atoms with Crippen molar-refractivity contribution >= 4 is 35.0 Å². The molecule has 0 spiro atoms. The molecule has 0 aliphatic rings. The Balaban J connectivity index is 2.47. The predicted molar refractivity (Wildman–Crippen MR) is 76.6 cm³/mol. The number of hydrogen-bond acceptors (Lipinski definition) is 5. The number of rotatable bonds is 9. The molecule has 1 aromatic heterocycles. The van der Waals surface area contributed by atoms with Crippen LogP contribution in [-0.4, -0.2) is 53.7 Å². The van der Waals surface area contributed by atoms with Crippen molar-refractivity contribution in [1.29, 1.82) is 0 Å². The summed E-state index contributed by atoms with van der Waals surface area (Å²) in [6.07, 6.45) is 0. The fraction of sp³-hybridized carbons (Fsp3) is 0.500. The Bertz CT molecular complexity index is 394. The normalized spacial score (nSPS) is 10.4. The fourth-order valence-electron chi connectivity index (χ4n) is 1.40. The minimum atomic E-state index is -0.903. The lowest BCUT2D eigenvalue weighted by molar-refractivity contribution is -0.133. The number of hydrogen-bond donors (Lipinski definition) is 1. The summed E-state index contributed by atoms with van der Waals surface area (Å²) < 4.78 is 4.99. The summed E-state index contributed by atoms with van der Waals surface area (Å²) in [6, 6.07) is 3.92. The molecule has 0 bridgehead atoms. The molecule has 1 rings (SSSR count). The lowest BCUT2D eigenvalue weighted by Gasteiger charge is -2.21. The molecule has 0 saturated carbocycles. The summed E-state index contributed by atoms with van der Waals surface area (Å²) in [5.74, 6) is -0.833. The number of thiophene rings is 1. The number of carboxylic acid groups (broad SMARTS) is 1. The second kappa shape index (κ2) is 8.95. The van der Waals surface area contributed by atoms with Gasteiger partial charge in [-0.2, -0.15) is 0 Å². The van der Waals surface area contributed by atoms with Gasteiger partial charge in [0.25, 0.3) is 0 Å². The number of amides is 1. The first-order valence-electron chi connectivity index (χ1n) is 5.72. The van der Waals surface area contributed by atoms with Crippen LogP contribution in [0.2, 0.25) is 0 Å². The van der Waals surface area contributed by atoms with Gasteiger partial charge in [-0.05, 0) is 11.4 Å². The highest BCUT2D eigenvalue weighted by Crippen LogP contribution is 2.13. The molecular weight excluding hydrogens is 286 g/mol. The molecule has 1 amide bonds. The van der Waals surface area contributed by atoms with Crippen LogP contribution < -0.4 is 0 Å². The van der Waals surface area contributed by atoms with Crippen LogP contribution in [0.4, 0.5) is 0 Å². The van der Waals surface area contributed by atoms with Crippen molar-refractivity contribution in [3.05, 3.63) is 22.4 Å². The number of aliphatic carboxylic acids is 1. The van der Waals surface area contributed by atoms with E-state index in [-0.39, 0.29) is 17.4 Å². The Morgan fingerprint density at radius 2 is 2.26 bits per heavy atom. The lowest BCUT2D eigenvalue weighted by atomic mass is 10.4. The third-order valence-corrected chi connectivity index (χ3v) is 4.06. The predicted octanol–water partition coefficient (Wildman–Crippen LogP) is 1.54. The first-order chi connectivity index (χ1) is 9.13. The number of carboxylic acids is 1. The molecule has 1 heterocycles. The highest BCUT2D eigenvalue weighted by molar-refractivity contribution is 8.00. The third-order valence-electron chi connectivity index (χ3n) is 2.30. The summed E-state index contributed by atoms with van der Waals surface area (Å²) in [5.41, 5.74) is 0. The molecule has 1 aromatic rings. The van der Waals surface area contributed by atoms with Crippen molar-refractivity contribution in [2.45, 2.75) is 6.54 Å². The minimum absolute atomic E-state index is 0.0527. The lowest BCUT2D eigenvalue weighted by Crippen LogP contribution is -2.34. The molecule has 0 fully saturated rings. The first-order valence-corrected chi connectivity index (χ1v) is 7.75. The molecule has 1 N–H and O–H groups in total. The van der Waals surface area contributed by atoms with Gasteiger partial charge >= 0.3 is 5.97 Å². The molecule has 7 heteroatoms. The SMILES string of the molecule is COCCN(Cc1cccs1)C(=O)CSCC(=O)O. The Morgan fingerprint density at radius 1 is 1.47 bits per heavy atom. The van der Waals surface area contributed by atoms with Crippen LogP contribution in [0, 0.1) is 0 Å². The Labute approximate surface area is 120 Å². The molecule has 0 atom stereocenters. The standard InChI is InChI=1S/C12H17NO4S2/c1-17-5-4-13(7-10-3-2-6-19-10)11(14)8-18-9-12(15)16/h2-3,6H,4-5,7-9H2,1H3,(H,15,16). The van der Waals surface area contributed by atoms with Crippen molar-refractivity contribution in [3.8, 4) is 0 Å². The summed E-state index contributed by atoms with van der Waals surface area (Å²) in [4.78, 5) is 25.2. The van der Waals surface area contributed by atoms with Crippen LogP contribution in [0.5, 0.6) is 0 Å². The van der Waals surface area contributed by atoms with Gasteiger partial charge in [0.05, 0.1) is 24.7 Å². The third kappa shape index (κ3) is 6.60. The Morgan fingerprint density at radius 3 is 2.84 bits per heavy atom. The van der Waals surface area contributed by atoms with Gasteiger partial charge in [-0.15, -0.1) is 23.1 Å². The smallest absolute Gasteiger partial charge is 0.313 e. The zero-order valence-corrected chi connectivity index (χ0v) is 12.3.